The molecule has 1 amide bonds. The van der Waals surface area contributed by atoms with Crippen LogP contribution in [0.15, 0.2) is 24.3 Å². The van der Waals surface area contributed by atoms with Gasteiger partial charge in [0.25, 0.3) is 0 Å². The van der Waals surface area contributed by atoms with Crippen molar-refractivity contribution in [2.24, 2.45) is 0 Å². The van der Waals surface area contributed by atoms with E-state index in [2.05, 4.69) is 5.32 Å². The Balaban J connectivity index is 2.57. The van der Waals surface area contributed by atoms with Crippen LogP contribution in [0.4, 0.5) is 0 Å². The van der Waals surface area contributed by atoms with Crippen molar-refractivity contribution in [3.8, 4) is 0 Å². The maximum atomic E-state index is 11.8. The van der Waals surface area contributed by atoms with Crippen LogP contribution in [0.25, 0.3) is 0 Å². The zero-order valence-electron chi connectivity index (χ0n) is 13.3. The molecule has 6 nitrogen and oxygen atoms in total. The highest BCUT2D eigenvalue weighted by Crippen LogP contribution is 2.08. The second kappa shape index (κ2) is 9.92. The first-order valence-electron chi connectivity index (χ1n) is 7.06. The van der Waals surface area contributed by atoms with Gasteiger partial charge in [0.15, 0.2) is 0 Å². The van der Waals surface area contributed by atoms with Crippen LogP contribution >= 0.6 is 0 Å². The summed E-state index contributed by atoms with van der Waals surface area (Å²) in [5.41, 5.74) is 2.05. The molecule has 0 aromatic heterocycles. The number of amides is 1. The summed E-state index contributed by atoms with van der Waals surface area (Å²) in [7, 11) is 2.85. The molecule has 122 valence electrons. The second-order valence-electron chi connectivity index (χ2n) is 4.88. The highest BCUT2D eigenvalue weighted by atomic mass is 16.5. The van der Waals surface area contributed by atoms with Gasteiger partial charge in [0.1, 0.15) is 12.6 Å². The van der Waals surface area contributed by atoms with Crippen molar-refractivity contribution in [3.05, 3.63) is 35.4 Å². The molecule has 0 bridgehead atoms. The topological polar surface area (TPSA) is 73.9 Å². The lowest BCUT2D eigenvalue weighted by atomic mass is 10.0. The summed E-state index contributed by atoms with van der Waals surface area (Å²) in [6.45, 7) is 2.59. The summed E-state index contributed by atoms with van der Waals surface area (Å²) < 4.78 is 14.7. The van der Waals surface area contributed by atoms with E-state index >= 15 is 0 Å². The normalized spacial score (nSPS) is 11.8. The third kappa shape index (κ3) is 6.69. The number of carbonyl (C=O) groups is 2. The Labute approximate surface area is 130 Å². The summed E-state index contributed by atoms with van der Waals surface area (Å²) in [4.78, 5) is 23.6. The highest BCUT2D eigenvalue weighted by Gasteiger charge is 2.21. The fourth-order valence-corrected chi connectivity index (χ4v) is 1.95. The van der Waals surface area contributed by atoms with Crippen molar-refractivity contribution in [3.63, 3.8) is 0 Å². The molecule has 22 heavy (non-hydrogen) atoms. The first-order valence-corrected chi connectivity index (χ1v) is 7.06. The van der Waals surface area contributed by atoms with E-state index in [1.165, 1.54) is 7.11 Å². The van der Waals surface area contributed by atoms with Gasteiger partial charge in [0.05, 0.1) is 20.3 Å². The van der Waals surface area contributed by atoms with Crippen LogP contribution in [0.1, 0.15) is 11.1 Å². The standard InChI is InChI=1S/C16H23NO5/c1-12-5-4-6-13(9-12)10-14(16(19)21-3)17-15(18)11-22-8-7-20-2/h4-6,9,14H,7-8,10-11H2,1-3H3,(H,17,18)/t14-/m1/s1. The predicted octanol–water partition coefficient (Wildman–Crippen LogP) is 0.858. The van der Waals surface area contributed by atoms with Gasteiger partial charge < -0.3 is 19.5 Å². The molecular formula is C16H23NO5. The zero-order chi connectivity index (χ0) is 16.4. The minimum Gasteiger partial charge on any atom is -0.467 e. The van der Waals surface area contributed by atoms with Crippen LogP contribution in [0, 0.1) is 6.92 Å². The first-order chi connectivity index (χ1) is 10.6. The van der Waals surface area contributed by atoms with Crippen LogP contribution in [-0.4, -0.2) is 52.0 Å². The largest absolute Gasteiger partial charge is 0.467 e. The molecule has 0 heterocycles. The fraction of sp³-hybridized carbons (Fsp3) is 0.500. The number of ether oxygens (including phenoxy) is 3. The third-order valence-electron chi connectivity index (χ3n) is 3.01. The molecular weight excluding hydrogens is 286 g/mol. The zero-order valence-corrected chi connectivity index (χ0v) is 13.3. The second-order valence-corrected chi connectivity index (χ2v) is 4.88. The van der Waals surface area contributed by atoms with Gasteiger partial charge in [0, 0.05) is 13.5 Å². The summed E-state index contributed by atoms with van der Waals surface area (Å²) in [6, 6.07) is 7.03. The molecule has 0 spiro atoms. The monoisotopic (exact) mass is 309 g/mol. The number of methoxy groups -OCH3 is 2. The fourth-order valence-electron chi connectivity index (χ4n) is 1.95. The van der Waals surface area contributed by atoms with E-state index in [0.29, 0.717) is 19.6 Å². The van der Waals surface area contributed by atoms with Crippen LogP contribution in [0.5, 0.6) is 0 Å². The van der Waals surface area contributed by atoms with Gasteiger partial charge in [-0.2, -0.15) is 0 Å². The van der Waals surface area contributed by atoms with Crippen molar-refractivity contribution < 1.29 is 23.8 Å². The van der Waals surface area contributed by atoms with E-state index in [0.717, 1.165) is 11.1 Å². The Kier molecular flexibility index (Phi) is 8.17. The molecule has 0 radical (unpaired) electrons. The van der Waals surface area contributed by atoms with Crippen molar-refractivity contribution in [2.45, 2.75) is 19.4 Å². The number of esters is 1. The van der Waals surface area contributed by atoms with Gasteiger partial charge in [-0.05, 0) is 12.5 Å². The van der Waals surface area contributed by atoms with Crippen molar-refractivity contribution in [1.82, 2.24) is 5.32 Å². The van der Waals surface area contributed by atoms with Gasteiger partial charge >= 0.3 is 5.97 Å². The molecule has 0 aliphatic carbocycles. The van der Waals surface area contributed by atoms with Gasteiger partial charge in [-0.15, -0.1) is 0 Å². The molecule has 1 atom stereocenters. The lowest BCUT2D eigenvalue weighted by molar-refractivity contribution is -0.145. The van der Waals surface area contributed by atoms with E-state index in [1.807, 2.05) is 31.2 Å². The smallest absolute Gasteiger partial charge is 0.328 e. The predicted molar refractivity (Wildman–Crippen MR) is 81.5 cm³/mol. The van der Waals surface area contributed by atoms with Gasteiger partial charge in [-0.25, -0.2) is 4.79 Å². The maximum absolute atomic E-state index is 11.8. The van der Waals surface area contributed by atoms with Crippen LogP contribution < -0.4 is 5.32 Å². The van der Waals surface area contributed by atoms with E-state index in [1.54, 1.807) is 7.11 Å². The molecule has 1 aromatic rings. The van der Waals surface area contributed by atoms with Crippen LogP contribution in [0.3, 0.4) is 0 Å². The number of aryl methyl sites for hydroxylation is 1. The molecule has 0 unspecified atom stereocenters. The SMILES string of the molecule is COCCOCC(=O)N[C@H](Cc1cccc(C)c1)C(=O)OC. The Morgan fingerprint density at radius 1 is 1.23 bits per heavy atom. The number of carbonyl (C=O) groups excluding carboxylic acids is 2. The summed E-state index contributed by atoms with van der Waals surface area (Å²) >= 11 is 0. The maximum Gasteiger partial charge on any atom is 0.328 e. The van der Waals surface area contributed by atoms with E-state index in [9.17, 15) is 9.59 Å². The number of rotatable bonds is 9. The average molecular weight is 309 g/mol. The third-order valence-corrected chi connectivity index (χ3v) is 3.01. The van der Waals surface area contributed by atoms with Crippen molar-refractivity contribution in [2.75, 3.05) is 34.0 Å². The molecule has 1 rings (SSSR count). The molecule has 6 heteroatoms. The Morgan fingerprint density at radius 2 is 2.00 bits per heavy atom. The average Bonchev–Trinajstić information content (AvgIpc) is 2.50. The summed E-state index contributed by atoms with van der Waals surface area (Å²) in [5, 5.41) is 2.63. The first kappa shape index (κ1) is 18.1. The van der Waals surface area contributed by atoms with Gasteiger partial charge in [0.2, 0.25) is 5.91 Å². The molecule has 0 fully saturated rings. The number of hydrogen-bond donors (Lipinski definition) is 1. The summed E-state index contributed by atoms with van der Waals surface area (Å²) in [5.74, 6) is -0.842. The minimum atomic E-state index is -0.731. The van der Waals surface area contributed by atoms with Gasteiger partial charge in [-0.1, -0.05) is 29.8 Å². The van der Waals surface area contributed by atoms with Gasteiger partial charge in [-0.3, -0.25) is 4.79 Å². The number of hydrogen-bond acceptors (Lipinski definition) is 5. The lowest BCUT2D eigenvalue weighted by Gasteiger charge is -2.17. The van der Waals surface area contributed by atoms with E-state index in [4.69, 9.17) is 14.2 Å². The van der Waals surface area contributed by atoms with Crippen molar-refractivity contribution >= 4 is 11.9 Å². The van der Waals surface area contributed by atoms with Crippen LogP contribution in [0.2, 0.25) is 0 Å². The number of benzene rings is 1. The Morgan fingerprint density at radius 3 is 2.64 bits per heavy atom. The quantitative estimate of drug-likeness (QED) is 0.541. The lowest BCUT2D eigenvalue weighted by Crippen LogP contribution is -2.44. The molecule has 0 aliphatic heterocycles. The Bertz CT molecular complexity index is 489. The summed E-state index contributed by atoms with van der Waals surface area (Å²) in [6.07, 6.45) is 0.373. The van der Waals surface area contributed by atoms with E-state index < -0.39 is 12.0 Å². The minimum absolute atomic E-state index is 0.120. The van der Waals surface area contributed by atoms with Crippen LogP contribution in [-0.2, 0) is 30.2 Å². The molecule has 0 saturated heterocycles. The van der Waals surface area contributed by atoms with E-state index in [-0.39, 0.29) is 12.5 Å². The highest BCUT2D eigenvalue weighted by molar-refractivity contribution is 5.85. The molecule has 0 aliphatic rings. The molecule has 1 N–H and O–H groups in total. The molecule has 1 aromatic carbocycles. The molecule has 0 saturated carbocycles. The number of nitrogens with one attached hydrogen (secondary N) is 1. The van der Waals surface area contributed by atoms with Crippen molar-refractivity contribution in [1.29, 1.82) is 0 Å². The Hall–Kier alpha value is -1.92.